The molecule has 3 aromatic rings. The normalized spacial score (nSPS) is 12.4. The van der Waals surface area contributed by atoms with Crippen LogP contribution in [0.25, 0.3) is 10.9 Å². The first-order chi connectivity index (χ1) is 15.2. The van der Waals surface area contributed by atoms with Gasteiger partial charge in [-0.1, -0.05) is 24.3 Å². The van der Waals surface area contributed by atoms with Gasteiger partial charge in [0, 0.05) is 30.7 Å². The zero-order valence-electron chi connectivity index (χ0n) is 17.8. The van der Waals surface area contributed by atoms with Crippen molar-refractivity contribution >= 4 is 40.0 Å². The van der Waals surface area contributed by atoms with Crippen LogP contribution in [0, 0.1) is 0 Å². The van der Waals surface area contributed by atoms with Gasteiger partial charge in [0.15, 0.2) is 0 Å². The van der Waals surface area contributed by atoms with Crippen molar-refractivity contribution in [2.45, 2.75) is 25.6 Å². The second-order valence-corrected chi connectivity index (χ2v) is 7.49. The number of esters is 1. The molecule has 0 unspecified atom stereocenters. The highest BCUT2D eigenvalue weighted by Crippen LogP contribution is 2.32. The van der Waals surface area contributed by atoms with Crippen LogP contribution < -0.4 is 4.90 Å². The van der Waals surface area contributed by atoms with Gasteiger partial charge in [-0.2, -0.15) is 13.2 Å². The summed E-state index contributed by atoms with van der Waals surface area (Å²) in [5.74, 6) is -0.561. The molecule has 3 rings (SSSR count). The zero-order chi connectivity index (χ0) is 23.5. The zero-order valence-corrected chi connectivity index (χ0v) is 18.7. The number of hydrogen-bond donors (Lipinski definition) is 0. The third-order valence-corrected chi connectivity index (χ3v) is 5.51. The first-order valence-electron chi connectivity index (χ1n) is 9.91. The summed E-state index contributed by atoms with van der Waals surface area (Å²) in [6, 6.07) is 11.5. The quantitative estimate of drug-likeness (QED) is 0.377. The highest BCUT2D eigenvalue weighted by molar-refractivity contribution is 7.80. The Labute approximate surface area is 189 Å². The number of benzene rings is 2. The largest absolute Gasteiger partial charge is 0.471 e. The number of fused-ring (bicyclic) bond motifs is 1. The molecule has 0 aliphatic carbocycles. The summed E-state index contributed by atoms with van der Waals surface area (Å²) in [7, 11) is 2.82. The van der Waals surface area contributed by atoms with E-state index < -0.39 is 23.8 Å². The predicted octanol–water partition coefficient (Wildman–Crippen LogP) is 5.05. The number of ether oxygens (including phenoxy) is 2. The maximum Gasteiger partial charge on any atom is 0.416 e. The Morgan fingerprint density at radius 1 is 1.19 bits per heavy atom. The van der Waals surface area contributed by atoms with Gasteiger partial charge >= 0.3 is 12.1 Å². The smallest absolute Gasteiger partial charge is 0.416 e. The van der Waals surface area contributed by atoms with E-state index in [9.17, 15) is 18.0 Å². The molecule has 0 bridgehead atoms. The minimum atomic E-state index is -4.49. The monoisotopic (exact) mass is 464 g/mol. The number of hydrogen-bond acceptors (Lipinski definition) is 5. The van der Waals surface area contributed by atoms with Crippen molar-refractivity contribution in [1.29, 1.82) is 0 Å². The third-order valence-electron chi connectivity index (χ3n) is 5.19. The van der Waals surface area contributed by atoms with E-state index in [1.807, 2.05) is 31.2 Å². The van der Waals surface area contributed by atoms with Crippen LogP contribution in [0.5, 0.6) is 0 Å². The Balaban J connectivity index is 2.01. The van der Waals surface area contributed by atoms with E-state index in [1.165, 1.54) is 24.1 Å². The van der Waals surface area contributed by atoms with Crippen molar-refractivity contribution in [2.75, 3.05) is 25.7 Å². The molecule has 0 N–H and O–H groups in total. The van der Waals surface area contributed by atoms with Gasteiger partial charge in [0.1, 0.15) is 6.04 Å². The van der Waals surface area contributed by atoms with Crippen molar-refractivity contribution in [1.82, 2.24) is 4.57 Å². The lowest BCUT2D eigenvalue weighted by molar-refractivity contribution is -0.142. The van der Waals surface area contributed by atoms with Gasteiger partial charge in [-0.15, -0.1) is 0 Å². The number of carbonyl (C=O) groups is 1. The molecule has 0 saturated heterocycles. The molecule has 1 atom stereocenters. The molecule has 0 aliphatic heterocycles. The Bertz CT molecular complexity index is 1130. The van der Waals surface area contributed by atoms with Gasteiger partial charge in [-0.05, 0) is 49.0 Å². The standard InChI is InChI=1S/C23H23F3N2O3S/c1-4-31-22(32)28-14-15(18-10-5-6-11-19(18)28)12-20(21(29)30-3)27(2)17-9-7-8-16(13-17)23(24,25)26/h5-11,13-14,20H,4,12H2,1-3H3/t20-/m0/s1. The van der Waals surface area contributed by atoms with Crippen molar-refractivity contribution in [3.63, 3.8) is 0 Å². The van der Waals surface area contributed by atoms with Gasteiger partial charge in [0.25, 0.3) is 5.17 Å². The van der Waals surface area contributed by atoms with E-state index in [0.717, 1.165) is 28.6 Å². The van der Waals surface area contributed by atoms with Gasteiger partial charge in [0.05, 0.1) is 24.8 Å². The minimum Gasteiger partial charge on any atom is -0.471 e. The topological polar surface area (TPSA) is 43.7 Å². The van der Waals surface area contributed by atoms with Crippen molar-refractivity contribution in [2.24, 2.45) is 0 Å². The highest BCUT2D eigenvalue weighted by atomic mass is 32.1. The van der Waals surface area contributed by atoms with E-state index >= 15 is 0 Å². The molecule has 9 heteroatoms. The minimum absolute atomic E-state index is 0.196. The number of aromatic nitrogens is 1. The Morgan fingerprint density at radius 3 is 2.56 bits per heavy atom. The number of anilines is 1. The van der Waals surface area contributed by atoms with Crippen molar-refractivity contribution in [3.8, 4) is 0 Å². The predicted molar refractivity (Wildman–Crippen MR) is 121 cm³/mol. The summed E-state index contributed by atoms with van der Waals surface area (Å²) in [5.41, 5.74) is 1.07. The van der Waals surface area contributed by atoms with Crippen molar-refractivity contribution in [3.05, 3.63) is 65.9 Å². The van der Waals surface area contributed by atoms with Gasteiger partial charge in [-0.25, -0.2) is 4.79 Å². The van der Waals surface area contributed by atoms with Crippen LogP contribution in [-0.2, 0) is 26.9 Å². The summed E-state index contributed by atoms with van der Waals surface area (Å²) in [6.45, 7) is 2.24. The molecule has 0 saturated carbocycles. The van der Waals surface area contributed by atoms with E-state index in [-0.39, 0.29) is 17.3 Å². The highest BCUT2D eigenvalue weighted by Gasteiger charge is 2.32. The number of methoxy groups -OCH3 is 1. The maximum absolute atomic E-state index is 13.2. The fourth-order valence-corrected chi connectivity index (χ4v) is 3.83. The van der Waals surface area contributed by atoms with Gasteiger partial charge < -0.3 is 14.4 Å². The number of nitrogens with zero attached hydrogens (tertiary/aromatic N) is 2. The lowest BCUT2D eigenvalue weighted by atomic mass is 10.0. The van der Waals surface area contributed by atoms with E-state index in [0.29, 0.717) is 6.61 Å². The first kappa shape index (κ1) is 23.6. The Hall–Kier alpha value is -3.07. The first-order valence-corrected chi connectivity index (χ1v) is 10.3. The lowest BCUT2D eigenvalue weighted by Gasteiger charge is -2.28. The number of para-hydroxylation sites is 1. The Kier molecular flexibility index (Phi) is 7.08. The molecular formula is C23H23F3N2O3S. The Morgan fingerprint density at radius 2 is 1.91 bits per heavy atom. The van der Waals surface area contributed by atoms with Gasteiger partial charge in [0.2, 0.25) is 0 Å². The van der Waals surface area contributed by atoms with E-state index in [4.69, 9.17) is 21.7 Å². The molecular weight excluding hydrogens is 441 g/mol. The van der Waals surface area contributed by atoms with E-state index in [1.54, 1.807) is 17.8 Å². The molecule has 0 aliphatic rings. The number of halogens is 3. The number of rotatable bonds is 6. The summed E-state index contributed by atoms with van der Waals surface area (Å²) in [5, 5.41) is 1.14. The molecule has 5 nitrogen and oxygen atoms in total. The van der Waals surface area contributed by atoms with Crippen LogP contribution >= 0.6 is 12.2 Å². The lowest BCUT2D eigenvalue weighted by Crippen LogP contribution is -2.41. The fraction of sp³-hybridized carbons (Fsp3) is 0.304. The van der Waals surface area contributed by atoms with Crippen LogP contribution in [0.4, 0.5) is 18.9 Å². The molecule has 32 heavy (non-hydrogen) atoms. The van der Waals surface area contributed by atoms with Crippen LogP contribution in [0.1, 0.15) is 18.1 Å². The number of alkyl halides is 3. The van der Waals surface area contributed by atoms with Crippen LogP contribution in [-0.4, -0.2) is 42.5 Å². The molecule has 0 radical (unpaired) electrons. The van der Waals surface area contributed by atoms with Crippen LogP contribution in [0.2, 0.25) is 0 Å². The summed E-state index contributed by atoms with van der Waals surface area (Å²) >= 11 is 5.36. The third kappa shape index (κ3) is 4.88. The molecule has 1 aromatic heterocycles. The van der Waals surface area contributed by atoms with Gasteiger partial charge in [-0.3, -0.25) is 4.57 Å². The van der Waals surface area contributed by atoms with E-state index in [2.05, 4.69) is 0 Å². The second kappa shape index (κ2) is 9.60. The number of carbonyl (C=O) groups excluding carboxylic acids is 1. The summed E-state index contributed by atoms with van der Waals surface area (Å²) in [4.78, 5) is 14.1. The molecule has 2 aromatic carbocycles. The molecule has 0 spiro atoms. The second-order valence-electron chi connectivity index (χ2n) is 7.14. The number of thiocarbonyl (C=S) groups is 1. The van der Waals surface area contributed by atoms with Crippen molar-refractivity contribution < 1.29 is 27.4 Å². The molecule has 170 valence electrons. The molecule has 0 amide bonds. The average Bonchev–Trinajstić information content (AvgIpc) is 3.15. The van der Waals surface area contributed by atoms with Crippen LogP contribution in [0.3, 0.4) is 0 Å². The molecule has 0 fully saturated rings. The number of likely N-dealkylation sites (N-methyl/N-ethyl adjacent to an activating group) is 1. The summed E-state index contributed by atoms with van der Waals surface area (Å²) in [6.07, 6.45) is -2.50. The van der Waals surface area contributed by atoms with Crippen LogP contribution in [0.15, 0.2) is 54.7 Å². The average molecular weight is 465 g/mol. The maximum atomic E-state index is 13.2. The fourth-order valence-electron chi connectivity index (χ4n) is 3.56. The molecule has 1 heterocycles. The SMILES string of the molecule is CCOC(=S)n1cc(C[C@@H](C(=O)OC)N(C)c2cccc(C(F)(F)F)c2)c2ccccc21. The summed E-state index contributed by atoms with van der Waals surface area (Å²) < 4.78 is 51.7.